The van der Waals surface area contributed by atoms with Crippen LogP contribution in [0.15, 0.2) is 27.7 Å². The van der Waals surface area contributed by atoms with E-state index in [1.54, 1.807) is 4.08 Å². The molecule has 0 radical (unpaired) electrons. The first kappa shape index (κ1) is 23.5. The Morgan fingerprint density at radius 1 is 1.28 bits per heavy atom. The van der Waals surface area contributed by atoms with Gasteiger partial charge in [0, 0.05) is 16.1 Å². The van der Waals surface area contributed by atoms with Crippen molar-refractivity contribution in [2.24, 2.45) is 5.73 Å². The summed E-state index contributed by atoms with van der Waals surface area (Å²) in [5.74, 6) is -3.95. The van der Waals surface area contributed by atoms with E-state index >= 15 is 0 Å². The van der Waals surface area contributed by atoms with Gasteiger partial charge in [-0.1, -0.05) is 20.7 Å². The lowest BCUT2D eigenvalue weighted by atomic mass is 10.1. The van der Waals surface area contributed by atoms with Gasteiger partial charge in [-0.15, -0.1) is 0 Å². The van der Waals surface area contributed by atoms with Crippen molar-refractivity contribution in [3.63, 3.8) is 0 Å². The third kappa shape index (κ3) is 6.60. The molecule has 1 aromatic carbocycles. The van der Waals surface area contributed by atoms with Crippen molar-refractivity contribution in [1.82, 2.24) is 10.8 Å². The highest BCUT2D eigenvalue weighted by molar-refractivity contribution is 14.2. The summed E-state index contributed by atoms with van der Waals surface area (Å²) in [5, 5.41) is 14.1. The first-order chi connectivity index (χ1) is 14.0. The van der Waals surface area contributed by atoms with Crippen LogP contribution < -0.4 is 21.8 Å². The topological polar surface area (TPSA) is 109 Å². The van der Waals surface area contributed by atoms with Gasteiger partial charge in [0.15, 0.2) is 17.5 Å². The molecule has 0 spiro atoms. The van der Waals surface area contributed by atoms with Crippen molar-refractivity contribution in [2.75, 3.05) is 31.6 Å². The number of halogens is 4. The molecule has 0 saturated heterocycles. The molecule has 1 amide bonds. The number of nitrogens with one attached hydrogen (secondary N) is 3. The fraction of sp³-hybridized carbons (Fsp3) is 0.333. The van der Waals surface area contributed by atoms with Gasteiger partial charge in [-0.25, -0.2) is 18.7 Å². The maximum atomic E-state index is 14.8. The Morgan fingerprint density at radius 3 is 2.76 bits per heavy atom. The van der Waals surface area contributed by atoms with E-state index in [1.807, 2.05) is 5.48 Å². The second-order valence-electron chi connectivity index (χ2n) is 5.82. The van der Waals surface area contributed by atoms with Crippen molar-refractivity contribution in [2.45, 2.75) is 13.0 Å². The molecule has 160 valence electrons. The van der Waals surface area contributed by atoms with Gasteiger partial charge in [0.25, 0.3) is 5.91 Å². The Labute approximate surface area is 175 Å². The highest BCUT2D eigenvalue weighted by Gasteiger charge is 2.24. The number of carbonyl (C=O) groups excluding carboxylic acids is 1. The zero-order valence-corrected chi connectivity index (χ0v) is 17.6. The molecule has 0 aliphatic carbocycles. The minimum absolute atomic E-state index is 0.0318. The number of aliphatic hydroxyl groups excluding tert-OH is 1. The van der Waals surface area contributed by atoms with Crippen molar-refractivity contribution in [3.8, 4) is 0 Å². The number of hydrogen-bond acceptors (Lipinski definition) is 6. The molecule has 0 unspecified atom stereocenters. The van der Waals surface area contributed by atoms with Gasteiger partial charge < -0.3 is 21.5 Å². The Kier molecular flexibility index (Phi) is 9.73. The maximum Gasteiger partial charge on any atom is 0.277 e. The quantitative estimate of drug-likeness (QED) is 0.172. The van der Waals surface area contributed by atoms with Crippen LogP contribution in [0, 0.1) is 11.6 Å². The molecular formula is C18H22F3IN4O3. The number of nitrogens with two attached hydrogens (primary N) is 1. The molecule has 0 atom stereocenters. The fourth-order valence-corrected chi connectivity index (χ4v) is 3.77. The minimum atomic E-state index is -1.32. The Bertz CT molecular complexity index is 831. The summed E-state index contributed by atoms with van der Waals surface area (Å²) in [7, 11) is 0. The number of rotatable bonds is 11. The number of aliphatic hydroxyl groups is 1. The summed E-state index contributed by atoms with van der Waals surface area (Å²) in [6, 6.07) is 1.16. The van der Waals surface area contributed by atoms with E-state index in [1.165, 1.54) is 10.1 Å². The molecule has 0 bridgehead atoms. The molecular weight excluding hydrogens is 504 g/mol. The number of allylic oxidation sites excluding steroid dienone is 2. The number of benzene rings is 1. The molecule has 0 fully saturated rings. The molecule has 1 heterocycles. The van der Waals surface area contributed by atoms with Crippen LogP contribution in [0.2, 0.25) is 0 Å². The first-order valence-electron chi connectivity index (χ1n) is 8.72. The highest BCUT2D eigenvalue weighted by atomic mass is 127. The molecule has 1 aliphatic heterocycles. The number of amides is 1. The second kappa shape index (κ2) is 12.0. The summed E-state index contributed by atoms with van der Waals surface area (Å²) in [4.78, 5) is 17.2. The minimum Gasteiger partial charge on any atom is -0.394 e. The molecule has 29 heavy (non-hydrogen) atoms. The summed E-state index contributed by atoms with van der Waals surface area (Å²) in [6.45, 7) is 0.362. The molecule has 7 nitrogen and oxygen atoms in total. The SMILES string of the molecule is NCCCNCc1cc(C(=O)NOCCO)c(NC2=C(F)C=IC=C2)c(F)c1F. The predicted molar refractivity (Wildman–Crippen MR) is 113 cm³/mol. The van der Waals surface area contributed by atoms with Gasteiger partial charge in [0.1, 0.15) is 0 Å². The van der Waals surface area contributed by atoms with Gasteiger partial charge in [0.05, 0.1) is 30.2 Å². The summed E-state index contributed by atoms with van der Waals surface area (Å²) < 4.78 is 46.5. The molecule has 11 heteroatoms. The monoisotopic (exact) mass is 526 g/mol. The van der Waals surface area contributed by atoms with E-state index < -0.39 is 49.8 Å². The first-order valence-corrected chi connectivity index (χ1v) is 11.2. The van der Waals surface area contributed by atoms with Crippen LogP contribution in [0.25, 0.3) is 0 Å². The molecule has 1 aliphatic rings. The van der Waals surface area contributed by atoms with Crippen molar-refractivity contribution in [3.05, 3.63) is 50.5 Å². The third-order valence-corrected chi connectivity index (χ3v) is 5.42. The van der Waals surface area contributed by atoms with Crippen LogP contribution in [0.4, 0.5) is 18.9 Å². The van der Waals surface area contributed by atoms with Crippen LogP contribution in [0.3, 0.4) is 0 Å². The standard InChI is InChI=1S/C18H22F3IN4O3/c19-13-9-22-3-2-14(13)25-17-12(18(28)26-29-7-6-27)8-11(15(20)16(17)21)10-24-5-1-4-23/h2-3,8-9,24-25,27H,1,4-7,10,23H2,(H,26,28). The Hall–Kier alpha value is -1.80. The second-order valence-corrected chi connectivity index (χ2v) is 7.88. The van der Waals surface area contributed by atoms with Gasteiger partial charge in [-0.2, -0.15) is 0 Å². The normalized spacial score (nSPS) is 13.4. The summed E-state index contributed by atoms with van der Waals surface area (Å²) in [5.41, 5.74) is 6.50. The number of carbonyl (C=O) groups is 1. The molecule has 1 aromatic rings. The Morgan fingerprint density at radius 2 is 2.07 bits per heavy atom. The van der Waals surface area contributed by atoms with Gasteiger partial charge >= 0.3 is 0 Å². The number of hydrogen-bond donors (Lipinski definition) is 5. The lowest BCUT2D eigenvalue weighted by Gasteiger charge is -2.17. The average molecular weight is 526 g/mol. The van der Waals surface area contributed by atoms with Gasteiger partial charge in [-0.3, -0.25) is 9.63 Å². The van der Waals surface area contributed by atoms with Gasteiger partial charge in [0.2, 0.25) is 0 Å². The fourth-order valence-electron chi connectivity index (χ4n) is 2.34. The lowest BCUT2D eigenvalue weighted by Crippen LogP contribution is -2.27. The zero-order chi connectivity index (χ0) is 21.2. The van der Waals surface area contributed by atoms with E-state index in [4.69, 9.17) is 15.7 Å². The van der Waals surface area contributed by atoms with Crippen LogP contribution in [-0.2, 0) is 11.4 Å². The van der Waals surface area contributed by atoms with Gasteiger partial charge in [-0.05, 0) is 35.7 Å². The molecule has 0 saturated carbocycles. The highest BCUT2D eigenvalue weighted by Crippen LogP contribution is 2.29. The van der Waals surface area contributed by atoms with E-state index in [0.29, 0.717) is 19.5 Å². The largest absolute Gasteiger partial charge is 0.394 e. The summed E-state index contributed by atoms with van der Waals surface area (Å²) in [6.07, 6.45) is 2.07. The Balaban J connectivity index is 2.38. The average Bonchev–Trinajstić information content (AvgIpc) is 2.71. The van der Waals surface area contributed by atoms with E-state index in [0.717, 1.165) is 6.07 Å². The molecule has 6 N–H and O–H groups in total. The van der Waals surface area contributed by atoms with E-state index in [9.17, 15) is 18.0 Å². The smallest absolute Gasteiger partial charge is 0.277 e. The van der Waals surface area contributed by atoms with Crippen LogP contribution in [0.1, 0.15) is 22.3 Å². The van der Waals surface area contributed by atoms with Crippen molar-refractivity contribution < 1.29 is 27.9 Å². The summed E-state index contributed by atoms with van der Waals surface area (Å²) >= 11 is -0.577. The maximum absolute atomic E-state index is 14.8. The lowest BCUT2D eigenvalue weighted by molar-refractivity contribution is 0.0168. The zero-order valence-electron chi connectivity index (χ0n) is 15.4. The number of hydroxylamine groups is 1. The van der Waals surface area contributed by atoms with E-state index in [-0.39, 0.29) is 36.6 Å². The molecule has 0 aromatic heterocycles. The van der Waals surface area contributed by atoms with Crippen LogP contribution in [0.5, 0.6) is 0 Å². The molecule has 2 rings (SSSR count). The van der Waals surface area contributed by atoms with Crippen molar-refractivity contribution >= 4 is 36.3 Å². The van der Waals surface area contributed by atoms with Crippen LogP contribution >= 0.6 is 20.7 Å². The third-order valence-electron chi connectivity index (χ3n) is 3.74. The number of anilines is 1. The predicted octanol–water partition coefficient (Wildman–Crippen LogP) is 1.95. The van der Waals surface area contributed by atoms with Crippen LogP contribution in [-0.4, -0.2) is 41.3 Å². The van der Waals surface area contributed by atoms with E-state index in [2.05, 4.69) is 10.6 Å². The van der Waals surface area contributed by atoms with Crippen molar-refractivity contribution in [1.29, 1.82) is 0 Å².